The molecule has 33 heavy (non-hydrogen) atoms. The number of amides is 1. The molecule has 0 aliphatic carbocycles. The van der Waals surface area contributed by atoms with Crippen LogP contribution in [0.15, 0.2) is 57.7 Å². The van der Waals surface area contributed by atoms with E-state index in [2.05, 4.69) is 5.32 Å². The number of hydrogen-bond acceptors (Lipinski definition) is 6. The molecule has 174 valence electrons. The summed E-state index contributed by atoms with van der Waals surface area (Å²) in [6.45, 7) is 7.06. The molecule has 1 heterocycles. The molecule has 0 radical (unpaired) electrons. The fourth-order valence-electron chi connectivity index (χ4n) is 3.26. The fourth-order valence-corrected chi connectivity index (χ4v) is 3.47. The second kappa shape index (κ2) is 10.1. The van der Waals surface area contributed by atoms with Crippen LogP contribution in [0.25, 0.3) is 22.1 Å². The molecule has 0 unspecified atom stereocenters. The molecular weight excluding hydrogens is 446 g/mol. The van der Waals surface area contributed by atoms with E-state index in [0.29, 0.717) is 23.8 Å². The van der Waals surface area contributed by atoms with Crippen molar-refractivity contribution in [3.05, 3.63) is 64.0 Å². The van der Waals surface area contributed by atoms with E-state index in [4.69, 9.17) is 25.5 Å². The summed E-state index contributed by atoms with van der Waals surface area (Å²) in [5.41, 5.74) is 0.440. The molecule has 0 spiro atoms. The molecule has 3 rings (SSSR count). The minimum absolute atomic E-state index is 0.0228. The van der Waals surface area contributed by atoms with Crippen molar-refractivity contribution >= 4 is 34.6 Å². The normalized spacial score (nSPS) is 12.3. The van der Waals surface area contributed by atoms with Crippen LogP contribution in [0.5, 0.6) is 5.75 Å². The van der Waals surface area contributed by atoms with Gasteiger partial charge in [-0.15, -0.1) is 0 Å². The summed E-state index contributed by atoms with van der Waals surface area (Å²) in [5, 5.41) is 3.30. The molecule has 1 amide bonds. The van der Waals surface area contributed by atoms with Gasteiger partial charge in [-0.2, -0.15) is 0 Å². The standard InChI is InChI=1S/C25H26ClNO6/c1-5-9-19(27-24(30)33-25(2,3)4)23(29)32-21-14-20-17(12-18(21)26)16(13-22(28)31-20)15-10-7-6-8-11-15/h6-8,10-14,19H,5,9H2,1-4H3,(H,27,30)/t19-/m0/s1. The Bertz CT molecular complexity index is 1210. The average molecular weight is 472 g/mol. The van der Waals surface area contributed by atoms with Crippen LogP contribution in [0.4, 0.5) is 4.79 Å². The lowest BCUT2D eigenvalue weighted by atomic mass is 10.0. The summed E-state index contributed by atoms with van der Waals surface area (Å²) >= 11 is 6.41. The molecule has 0 saturated carbocycles. The van der Waals surface area contributed by atoms with Gasteiger partial charge in [-0.05, 0) is 44.4 Å². The van der Waals surface area contributed by atoms with E-state index in [1.807, 2.05) is 37.3 Å². The van der Waals surface area contributed by atoms with Gasteiger partial charge < -0.3 is 19.2 Å². The third kappa shape index (κ3) is 6.35. The number of esters is 1. The van der Waals surface area contributed by atoms with Crippen LogP contribution in [0.3, 0.4) is 0 Å². The monoisotopic (exact) mass is 471 g/mol. The number of benzene rings is 2. The molecule has 0 bridgehead atoms. The van der Waals surface area contributed by atoms with Gasteiger partial charge in [0.05, 0.1) is 5.02 Å². The van der Waals surface area contributed by atoms with Gasteiger partial charge in [0.15, 0.2) is 5.75 Å². The van der Waals surface area contributed by atoms with Gasteiger partial charge in [-0.25, -0.2) is 14.4 Å². The Kier molecular flexibility index (Phi) is 7.43. The Labute approximate surface area is 196 Å². The fraction of sp³-hybridized carbons (Fsp3) is 0.320. The third-order valence-electron chi connectivity index (χ3n) is 4.65. The zero-order chi connectivity index (χ0) is 24.2. The first-order valence-corrected chi connectivity index (χ1v) is 11.0. The molecule has 2 aromatic carbocycles. The average Bonchev–Trinajstić information content (AvgIpc) is 2.73. The summed E-state index contributed by atoms with van der Waals surface area (Å²) in [6.07, 6.45) is 0.244. The Balaban J connectivity index is 1.90. The van der Waals surface area contributed by atoms with Gasteiger partial charge in [0.2, 0.25) is 0 Å². The van der Waals surface area contributed by atoms with Gasteiger partial charge in [0, 0.05) is 17.5 Å². The maximum Gasteiger partial charge on any atom is 0.408 e. The lowest BCUT2D eigenvalue weighted by molar-refractivity contribution is -0.137. The molecule has 7 nitrogen and oxygen atoms in total. The number of hydrogen-bond donors (Lipinski definition) is 1. The molecule has 1 atom stereocenters. The highest BCUT2D eigenvalue weighted by Gasteiger charge is 2.26. The van der Waals surface area contributed by atoms with Crippen molar-refractivity contribution in [3.8, 4) is 16.9 Å². The lowest BCUT2D eigenvalue weighted by Gasteiger charge is -2.22. The number of ether oxygens (including phenoxy) is 2. The van der Waals surface area contributed by atoms with Gasteiger partial charge in [-0.3, -0.25) is 0 Å². The second-order valence-corrected chi connectivity index (χ2v) is 8.94. The Hall–Kier alpha value is -3.32. The predicted octanol–water partition coefficient (Wildman–Crippen LogP) is 5.71. The number of carbonyl (C=O) groups excluding carboxylic acids is 2. The van der Waals surface area contributed by atoms with E-state index in [-0.39, 0.29) is 16.4 Å². The highest BCUT2D eigenvalue weighted by atomic mass is 35.5. The number of rotatable bonds is 6. The molecule has 3 aromatic rings. The largest absolute Gasteiger partial charge is 0.444 e. The van der Waals surface area contributed by atoms with Crippen LogP contribution < -0.4 is 15.7 Å². The molecule has 1 aromatic heterocycles. The van der Waals surface area contributed by atoms with Gasteiger partial charge in [0.25, 0.3) is 0 Å². The Morgan fingerprint density at radius 1 is 1.12 bits per heavy atom. The van der Waals surface area contributed by atoms with Gasteiger partial charge >= 0.3 is 17.7 Å². The highest BCUT2D eigenvalue weighted by molar-refractivity contribution is 6.33. The van der Waals surface area contributed by atoms with Crippen molar-refractivity contribution in [1.29, 1.82) is 0 Å². The van der Waals surface area contributed by atoms with Crippen LogP contribution in [0.2, 0.25) is 5.02 Å². The van der Waals surface area contributed by atoms with Crippen LogP contribution >= 0.6 is 11.6 Å². The SMILES string of the molecule is CCC[C@H](NC(=O)OC(C)(C)C)C(=O)Oc1cc2oc(=O)cc(-c3ccccc3)c2cc1Cl. The molecule has 8 heteroatoms. The molecule has 0 aliphatic rings. The van der Waals surface area contributed by atoms with Crippen molar-refractivity contribution in [2.24, 2.45) is 0 Å². The van der Waals surface area contributed by atoms with E-state index in [0.717, 1.165) is 5.56 Å². The quantitative estimate of drug-likeness (QED) is 0.281. The first-order valence-electron chi connectivity index (χ1n) is 10.6. The van der Waals surface area contributed by atoms with Gasteiger partial charge in [0.1, 0.15) is 17.2 Å². The lowest BCUT2D eigenvalue weighted by Crippen LogP contribution is -2.45. The molecule has 0 fully saturated rings. The summed E-state index contributed by atoms with van der Waals surface area (Å²) < 4.78 is 16.0. The van der Waals surface area contributed by atoms with E-state index in [1.165, 1.54) is 12.1 Å². The third-order valence-corrected chi connectivity index (χ3v) is 4.94. The zero-order valence-electron chi connectivity index (χ0n) is 18.9. The maximum atomic E-state index is 12.8. The van der Waals surface area contributed by atoms with Crippen LogP contribution in [0.1, 0.15) is 40.5 Å². The van der Waals surface area contributed by atoms with Crippen molar-refractivity contribution in [3.63, 3.8) is 0 Å². The van der Waals surface area contributed by atoms with Gasteiger partial charge in [-0.1, -0.05) is 55.3 Å². The van der Waals surface area contributed by atoms with Crippen molar-refractivity contribution < 1.29 is 23.5 Å². The van der Waals surface area contributed by atoms with Crippen LogP contribution in [0, 0.1) is 0 Å². The van der Waals surface area contributed by atoms with Crippen LogP contribution in [-0.2, 0) is 9.53 Å². The number of halogens is 1. The first-order chi connectivity index (χ1) is 15.6. The number of carbonyl (C=O) groups is 2. The summed E-state index contributed by atoms with van der Waals surface area (Å²) in [6, 6.07) is 12.8. The summed E-state index contributed by atoms with van der Waals surface area (Å²) in [5.74, 6) is -0.680. The number of fused-ring (bicyclic) bond motifs is 1. The van der Waals surface area contributed by atoms with E-state index >= 15 is 0 Å². The minimum atomic E-state index is -0.931. The van der Waals surface area contributed by atoms with Crippen molar-refractivity contribution in [2.45, 2.75) is 52.2 Å². The Morgan fingerprint density at radius 3 is 2.45 bits per heavy atom. The zero-order valence-corrected chi connectivity index (χ0v) is 19.7. The van der Waals surface area contributed by atoms with E-state index in [1.54, 1.807) is 26.8 Å². The summed E-state index contributed by atoms with van der Waals surface area (Å²) in [4.78, 5) is 37.1. The second-order valence-electron chi connectivity index (χ2n) is 8.53. The molecular formula is C25H26ClNO6. The number of nitrogens with one attached hydrogen (secondary N) is 1. The van der Waals surface area contributed by atoms with Crippen molar-refractivity contribution in [2.75, 3.05) is 0 Å². The highest BCUT2D eigenvalue weighted by Crippen LogP contribution is 2.35. The van der Waals surface area contributed by atoms with Crippen molar-refractivity contribution in [1.82, 2.24) is 5.32 Å². The van der Waals surface area contributed by atoms with E-state index < -0.39 is 29.3 Å². The van der Waals surface area contributed by atoms with Crippen LogP contribution in [-0.4, -0.2) is 23.7 Å². The van der Waals surface area contributed by atoms with E-state index in [9.17, 15) is 14.4 Å². The first kappa shape index (κ1) is 24.3. The molecule has 0 aliphatic heterocycles. The maximum absolute atomic E-state index is 12.8. The number of alkyl carbamates (subject to hydrolysis) is 1. The predicted molar refractivity (Wildman–Crippen MR) is 127 cm³/mol. The Morgan fingerprint density at radius 2 is 1.82 bits per heavy atom. The minimum Gasteiger partial charge on any atom is -0.444 e. The smallest absolute Gasteiger partial charge is 0.408 e. The summed E-state index contributed by atoms with van der Waals surface area (Å²) in [7, 11) is 0. The molecule has 0 saturated heterocycles. The molecule has 1 N–H and O–H groups in total. The topological polar surface area (TPSA) is 94.8 Å².